The summed E-state index contributed by atoms with van der Waals surface area (Å²) >= 11 is 0. The molecule has 3 heterocycles. The lowest BCUT2D eigenvalue weighted by Crippen LogP contribution is -2.28. The maximum atomic E-state index is 13.1. The highest BCUT2D eigenvalue weighted by molar-refractivity contribution is 7.89. The molecule has 1 fully saturated rings. The number of sulfonamides is 1. The highest BCUT2D eigenvalue weighted by Crippen LogP contribution is 2.29. The zero-order valence-electron chi connectivity index (χ0n) is 15.9. The van der Waals surface area contributed by atoms with Crippen LogP contribution >= 0.6 is 0 Å². The Balaban J connectivity index is 1.48. The Morgan fingerprint density at radius 2 is 1.62 bits per heavy atom. The standard InChI is InChI=1S/C21H22N4O3S/c26-21-24-19(16-6-2-1-3-7-16)12-13-20(24)22-25(21)17-8-10-18(11-9-17)29(27,28)23-14-4-5-15-23/h1-3,6-11,19H,4-5,12-15H2/t19-/m0/s1. The third-order valence-corrected chi connectivity index (χ3v) is 7.72. The molecule has 2 aliphatic heterocycles. The van der Waals surface area contributed by atoms with Gasteiger partial charge in [-0.2, -0.15) is 8.99 Å². The summed E-state index contributed by atoms with van der Waals surface area (Å²) in [4.78, 5) is 13.3. The monoisotopic (exact) mass is 410 g/mol. The number of hydrogen-bond acceptors (Lipinski definition) is 4. The summed E-state index contributed by atoms with van der Waals surface area (Å²) in [5.41, 5.74) is 1.48. The topological polar surface area (TPSA) is 77.2 Å². The molecular formula is C21H22N4O3S. The van der Waals surface area contributed by atoms with Gasteiger partial charge in [-0.25, -0.2) is 13.2 Å². The molecule has 3 aromatic rings. The molecule has 0 radical (unpaired) electrons. The lowest BCUT2D eigenvalue weighted by atomic mass is 10.1. The molecule has 5 rings (SSSR count). The van der Waals surface area contributed by atoms with Crippen LogP contribution in [0.3, 0.4) is 0 Å². The SMILES string of the molecule is O=c1n(-c2ccc(S(=O)(=O)N3CCCC3)cc2)nc2n1[C@H](c1ccccc1)CC2. The first kappa shape index (κ1) is 18.3. The fourth-order valence-electron chi connectivity index (χ4n) is 4.29. The quantitative estimate of drug-likeness (QED) is 0.662. The van der Waals surface area contributed by atoms with Crippen LogP contribution < -0.4 is 5.69 Å². The maximum absolute atomic E-state index is 13.1. The molecule has 7 nitrogen and oxygen atoms in total. The van der Waals surface area contributed by atoms with Gasteiger partial charge in [-0.15, -0.1) is 5.10 Å². The molecule has 1 saturated heterocycles. The van der Waals surface area contributed by atoms with Gasteiger partial charge in [0.1, 0.15) is 5.82 Å². The van der Waals surface area contributed by atoms with Crippen molar-refractivity contribution in [1.29, 1.82) is 0 Å². The van der Waals surface area contributed by atoms with Crippen LogP contribution in [-0.2, 0) is 16.4 Å². The van der Waals surface area contributed by atoms with Crippen LogP contribution in [0.1, 0.15) is 36.7 Å². The van der Waals surface area contributed by atoms with E-state index in [4.69, 9.17) is 0 Å². The Hall–Kier alpha value is -2.71. The van der Waals surface area contributed by atoms with Crippen molar-refractivity contribution in [3.05, 3.63) is 76.5 Å². The number of fused-ring (bicyclic) bond motifs is 1. The Bertz CT molecular complexity index is 1190. The normalized spacial score (nSPS) is 19.5. The van der Waals surface area contributed by atoms with Crippen molar-refractivity contribution >= 4 is 10.0 Å². The molecule has 0 bridgehead atoms. The smallest absolute Gasteiger partial charge is 0.271 e. The molecular weight excluding hydrogens is 388 g/mol. The molecule has 8 heteroatoms. The van der Waals surface area contributed by atoms with E-state index in [2.05, 4.69) is 5.10 Å². The zero-order valence-corrected chi connectivity index (χ0v) is 16.8. The zero-order chi connectivity index (χ0) is 20.0. The van der Waals surface area contributed by atoms with Gasteiger partial charge in [-0.05, 0) is 49.1 Å². The largest absolute Gasteiger partial charge is 0.351 e. The fourth-order valence-corrected chi connectivity index (χ4v) is 5.81. The number of hydrogen-bond donors (Lipinski definition) is 0. The average molecular weight is 410 g/mol. The Kier molecular flexibility index (Phi) is 4.40. The van der Waals surface area contributed by atoms with Gasteiger partial charge in [0.25, 0.3) is 0 Å². The summed E-state index contributed by atoms with van der Waals surface area (Å²) < 4.78 is 30.0. The second-order valence-corrected chi connectivity index (χ2v) is 9.49. The van der Waals surface area contributed by atoms with Gasteiger partial charge in [-0.3, -0.25) is 4.57 Å². The van der Waals surface area contributed by atoms with Crippen molar-refractivity contribution in [3.8, 4) is 5.69 Å². The van der Waals surface area contributed by atoms with Gasteiger partial charge < -0.3 is 0 Å². The van der Waals surface area contributed by atoms with Crippen molar-refractivity contribution in [1.82, 2.24) is 18.7 Å². The molecule has 150 valence electrons. The molecule has 2 aromatic carbocycles. The van der Waals surface area contributed by atoms with Crippen molar-refractivity contribution in [3.63, 3.8) is 0 Å². The second-order valence-electron chi connectivity index (χ2n) is 7.55. The van der Waals surface area contributed by atoms with Crippen molar-refractivity contribution < 1.29 is 8.42 Å². The summed E-state index contributed by atoms with van der Waals surface area (Å²) in [5, 5.41) is 4.51. The molecule has 1 aromatic heterocycles. The van der Waals surface area contributed by atoms with Crippen LogP contribution in [0.15, 0.2) is 64.3 Å². The van der Waals surface area contributed by atoms with Gasteiger partial charge >= 0.3 is 5.69 Å². The fraction of sp³-hybridized carbons (Fsp3) is 0.333. The summed E-state index contributed by atoms with van der Waals surface area (Å²) in [6.07, 6.45) is 3.39. The molecule has 0 saturated carbocycles. The predicted octanol–water partition coefficient (Wildman–Crippen LogP) is 2.35. The van der Waals surface area contributed by atoms with Gasteiger partial charge in [0.15, 0.2) is 0 Å². The molecule has 0 N–H and O–H groups in total. The van der Waals surface area contributed by atoms with Crippen LogP contribution in [0.2, 0.25) is 0 Å². The highest BCUT2D eigenvalue weighted by atomic mass is 32.2. The van der Waals surface area contributed by atoms with E-state index >= 15 is 0 Å². The van der Waals surface area contributed by atoms with E-state index in [9.17, 15) is 13.2 Å². The van der Waals surface area contributed by atoms with Gasteiger partial charge in [0, 0.05) is 19.5 Å². The van der Waals surface area contributed by atoms with E-state index in [1.54, 1.807) is 28.8 Å². The second kappa shape index (κ2) is 6.96. The average Bonchev–Trinajstić information content (AvgIpc) is 3.48. The third kappa shape index (κ3) is 3.03. The van der Waals surface area contributed by atoms with Gasteiger partial charge in [0.05, 0.1) is 16.6 Å². The van der Waals surface area contributed by atoms with Crippen LogP contribution in [-0.4, -0.2) is 40.2 Å². The molecule has 2 aliphatic rings. The number of aryl methyl sites for hydroxylation is 1. The van der Waals surface area contributed by atoms with E-state index in [-0.39, 0.29) is 16.6 Å². The maximum Gasteiger partial charge on any atom is 0.351 e. The minimum Gasteiger partial charge on any atom is -0.271 e. The molecule has 0 unspecified atom stereocenters. The predicted molar refractivity (Wildman–Crippen MR) is 109 cm³/mol. The lowest BCUT2D eigenvalue weighted by Gasteiger charge is -2.15. The molecule has 1 atom stereocenters. The molecule has 29 heavy (non-hydrogen) atoms. The highest BCUT2D eigenvalue weighted by Gasteiger charge is 2.30. The third-order valence-electron chi connectivity index (χ3n) is 5.80. The number of nitrogens with zero attached hydrogens (tertiary/aromatic N) is 4. The Morgan fingerprint density at radius 1 is 0.931 bits per heavy atom. The van der Waals surface area contributed by atoms with E-state index in [0.717, 1.165) is 37.1 Å². The molecule has 0 aliphatic carbocycles. The first-order valence-electron chi connectivity index (χ1n) is 9.92. The van der Waals surface area contributed by atoms with Crippen LogP contribution in [0.25, 0.3) is 5.69 Å². The Morgan fingerprint density at radius 3 is 2.31 bits per heavy atom. The van der Waals surface area contributed by atoms with Gasteiger partial charge in [-0.1, -0.05) is 30.3 Å². The van der Waals surface area contributed by atoms with Crippen molar-refractivity contribution in [2.45, 2.75) is 36.6 Å². The number of aromatic nitrogens is 3. The van der Waals surface area contributed by atoms with E-state index < -0.39 is 10.0 Å². The number of benzene rings is 2. The minimum atomic E-state index is -3.47. The van der Waals surface area contributed by atoms with E-state index in [1.165, 1.54) is 8.99 Å². The lowest BCUT2D eigenvalue weighted by molar-refractivity contribution is 0.477. The number of rotatable bonds is 4. The van der Waals surface area contributed by atoms with E-state index in [1.807, 2.05) is 30.3 Å². The first-order chi connectivity index (χ1) is 14.1. The summed E-state index contributed by atoms with van der Waals surface area (Å²) in [6, 6.07) is 16.4. The van der Waals surface area contributed by atoms with Crippen LogP contribution in [0.4, 0.5) is 0 Å². The summed E-state index contributed by atoms with van der Waals surface area (Å²) in [6.45, 7) is 1.14. The van der Waals surface area contributed by atoms with Gasteiger partial charge in [0.2, 0.25) is 10.0 Å². The van der Waals surface area contributed by atoms with Crippen molar-refractivity contribution in [2.75, 3.05) is 13.1 Å². The van der Waals surface area contributed by atoms with Crippen molar-refractivity contribution in [2.24, 2.45) is 0 Å². The van der Waals surface area contributed by atoms with E-state index in [0.29, 0.717) is 18.8 Å². The summed E-state index contributed by atoms with van der Waals surface area (Å²) in [7, 11) is -3.47. The summed E-state index contributed by atoms with van der Waals surface area (Å²) in [5.74, 6) is 0.762. The van der Waals surface area contributed by atoms with Crippen LogP contribution in [0.5, 0.6) is 0 Å². The molecule has 0 amide bonds. The van der Waals surface area contributed by atoms with Crippen LogP contribution in [0, 0.1) is 0 Å². The Labute approximate surface area is 169 Å². The molecule has 0 spiro atoms. The minimum absolute atomic E-state index is 0.0118. The first-order valence-corrected chi connectivity index (χ1v) is 11.4.